The fourth-order valence-electron chi connectivity index (χ4n) is 2.95. The molecule has 6 heteroatoms. The number of hydrogen-bond acceptors (Lipinski definition) is 5. The number of carbonyl (C=O) groups excluding carboxylic acids is 1. The summed E-state index contributed by atoms with van der Waals surface area (Å²) >= 11 is 0. The molecule has 2 aromatic heterocycles. The minimum Gasteiger partial charge on any atom is -0.459 e. The third-order valence-corrected chi connectivity index (χ3v) is 4.08. The number of likely N-dealkylation sites (tertiary alicyclic amines) is 1. The number of amides is 1. The van der Waals surface area contributed by atoms with Crippen molar-refractivity contribution < 1.29 is 13.6 Å². The molecule has 0 aromatic carbocycles. The Labute approximate surface area is 129 Å². The van der Waals surface area contributed by atoms with E-state index in [0.29, 0.717) is 23.1 Å². The Morgan fingerprint density at radius 3 is 3.14 bits per heavy atom. The predicted octanol–water partition coefficient (Wildman–Crippen LogP) is 2.00. The molecule has 118 valence electrons. The maximum Gasteiger partial charge on any atom is 0.263 e. The van der Waals surface area contributed by atoms with Crippen LogP contribution in [-0.4, -0.2) is 42.0 Å². The molecule has 1 atom stereocenters. The van der Waals surface area contributed by atoms with E-state index in [1.807, 2.05) is 18.9 Å². The van der Waals surface area contributed by atoms with Gasteiger partial charge in [-0.3, -0.25) is 4.79 Å². The quantitative estimate of drug-likeness (QED) is 0.914. The summed E-state index contributed by atoms with van der Waals surface area (Å²) in [4.78, 5) is 18.9. The van der Waals surface area contributed by atoms with E-state index in [0.717, 1.165) is 25.9 Å². The fourth-order valence-corrected chi connectivity index (χ4v) is 2.95. The first kappa shape index (κ1) is 14.8. The van der Waals surface area contributed by atoms with Crippen LogP contribution in [0.15, 0.2) is 27.2 Å². The summed E-state index contributed by atoms with van der Waals surface area (Å²) in [5.74, 6) is 1.79. The smallest absolute Gasteiger partial charge is 0.263 e. The highest BCUT2D eigenvalue weighted by atomic mass is 16.4. The van der Waals surface area contributed by atoms with Gasteiger partial charge in [-0.05, 0) is 38.9 Å². The molecule has 6 nitrogen and oxygen atoms in total. The molecule has 1 amide bonds. The minimum atomic E-state index is 0.111. The van der Waals surface area contributed by atoms with Crippen molar-refractivity contribution in [3.63, 3.8) is 0 Å². The molecule has 22 heavy (non-hydrogen) atoms. The first-order valence-electron chi connectivity index (χ1n) is 7.63. The van der Waals surface area contributed by atoms with E-state index in [2.05, 4.69) is 10.3 Å². The number of rotatable bonds is 5. The van der Waals surface area contributed by atoms with Gasteiger partial charge in [0.1, 0.15) is 5.76 Å². The molecular formula is C16H21N3O3. The van der Waals surface area contributed by atoms with Crippen LogP contribution < -0.4 is 5.32 Å². The maximum absolute atomic E-state index is 12.5. The van der Waals surface area contributed by atoms with Gasteiger partial charge in [0.25, 0.3) is 5.89 Å². The molecule has 1 saturated heterocycles. The highest BCUT2D eigenvalue weighted by Crippen LogP contribution is 2.24. The van der Waals surface area contributed by atoms with Crippen molar-refractivity contribution in [2.24, 2.45) is 0 Å². The molecule has 2 aromatic rings. The maximum atomic E-state index is 12.5. The lowest BCUT2D eigenvalue weighted by Gasteiger charge is -2.24. The fraction of sp³-hybridized carbons (Fsp3) is 0.500. The van der Waals surface area contributed by atoms with Gasteiger partial charge in [-0.15, -0.1) is 0 Å². The molecule has 0 aliphatic carbocycles. The van der Waals surface area contributed by atoms with Crippen LogP contribution in [0.5, 0.6) is 0 Å². The largest absolute Gasteiger partial charge is 0.459 e. The SMILES string of the molecule is CNCC1CCCN1C(=O)Cc1nc(-c2ccco2)oc1C. The average molecular weight is 303 g/mol. The van der Waals surface area contributed by atoms with E-state index < -0.39 is 0 Å². The summed E-state index contributed by atoms with van der Waals surface area (Å²) in [6, 6.07) is 3.86. The van der Waals surface area contributed by atoms with Crippen LogP contribution in [0.1, 0.15) is 24.3 Å². The lowest BCUT2D eigenvalue weighted by Crippen LogP contribution is -2.41. The van der Waals surface area contributed by atoms with Crippen molar-refractivity contribution in [3.05, 3.63) is 29.9 Å². The number of nitrogens with zero attached hydrogens (tertiary/aromatic N) is 2. The summed E-state index contributed by atoms with van der Waals surface area (Å²) in [7, 11) is 1.92. The molecule has 1 fully saturated rings. The van der Waals surface area contributed by atoms with Crippen molar-refractivity contribution in [3.8, 4) is 11.7 Å². The van der Waals surface area contributed by atoms with Crippen LogP contribution in [-0.2, 0) is 11.2 Å². The van der Waals surface area contributed by atoms with Gasteiger partial charge in [0.05, 0.1) is 18.4 Å². The Kier molecular flexibility index (Phi) is 4.29. The minimum absolute atomic E-state index is 0.111. The molecule has 1 N–H and O–H groups in total. The van der Waals surface area contributed by atoms with Crippen LogP contribution in [0.2, 0.25) is 0 Å². The van der Waals surface area contributed by atoms with Gasteiger partial charge >= 0.3 is 0 Å². The van der Waals surface area contributed by atoms with E-state index in [1.165, 1.54) is 0 Å². The van der Waals surface area contributed by atoms with Gasteiger partial charge in [-0.1, -0.05) is 0 Å². The zero-order valence-corrected chi connectivity index (χ0v) is 13.0. The van der Waals surface area contributed by atoms with E-state index in [1.54, 1.807) is 18.4 Å². The number of hydrogen-bond donors (Lipinski definition) is 1. The highest BCUT2D eigenvalue weighted by molar-refractivity contribution is 5.79. The zero-order valence-electron chi connectivity index (χ0n) is 13.0. The monoisotopic (exact) mass is 303 g/mol. The summed E-state index contributed by atoms with van der Waals surface area (Å²) in [6.07, 6.45) is 3.97. The van der Waals surface area contributed by atoms with Crippen LogP contribution in [0.3, 0.4) is 0 Å². The number of oxazole rings is 1. The zero-order chi connectivity index (χ0) is 15.5. The van der Waals surface area contributed by atoms with Crippen molar-refractivity contribution in [2.75, 3.05) is 20.1 Å². The van der Waals surface area contributed by atoms with Crippen LogP contribution in [0.4, 0.5) is 0 Å². The lowest BCUT2D eigenvalue weighted by atomic mass is 10.2. The first-order valence-corrected chi connectivity index (χ1v) is 7.63. The second-order valence-electron chi connectivity index (χ2n) is 5.62. The third kappa shape index (κ3) is 2.92. The standard InChI is InChI=1S/C16H21N3O3/c1-11-13(18-16(22-11)14-6-4-8-21-14)9-15(20)19-7-3-5-12(19)10-17-2/h4,6,8,12,17H,3,5,7,9-10H2,1-2H3. The summed E-state index contributed by atoms with van der Waals surface area (Å²) in [6.45, 7) is 3.49. The topological polar surface area (TPSA) is 71.5 Å². The van der Waals surface area contributed by atoms with Gasteiger partial charge in [-0.2, -0.15) is 0 Å². The summed E-state index contributed by atoms with van der Waals surface area (Å²) in [5, 5.41) is 3.15. The Morgan fingerprint density at radius 2 is 2.41 bits per heavy atom. The Morgan fingerprint density at radius 1 is 1.55 bits per heavy atom. The third-order valence-electron chi connectivity index (χ3n) is 4.08. The van der Waals surface area contributed by atoms with Gasteiger partial charge < -0.3 is 19.1 Å². The molecule has 0 saturated carbocycles. The Hall–Kier alpha value is -2.08. The van der Waals surface area contributed by atoms with E-state index in [4.69, 9.17) is 8.83 Å². The molecule has 3 heterocycles. The molecule has 0 radical (unpaired) electrons. The molecule has 3 rings (SSSR count). The number of aromatic nitrogens is 1. The van der Waals surface area contributed by atoms with Crippen LogP contribution >= 0.6 is 0 Å². The number of likely N-dealkylation sites (N-methyl/N-ethyl adjacent to an activating group) is 1. The normalized spacial score (nSPS) is 18.1. The van der Waals surface area contributed by atoms with E-state index in [9.17, 15) is 4.79 Å². The van der Waals surface area contributed by atoms with E-state index >= 15 is 0 Å². The lowest BCUT2D eigenvalue weighted by molar-refractivity contribution is -0.131. The molecule has 1 unspecified atom stereocenters. The molecular weight excluding hydrogens is 282 g/mol. The average Bonchev–Trinajstić information content (AvgIpc) is 3.21. The Bertz CT molecular complexity index is 633. The van der Waals surface area contributed by atoms with Gasteiger partial charge in [0.15, 0.2) is 5.76 Å². The van der Waals surface area contributed by atoms with Gasteiger partial charge in [0, 0.05) is 19.1 Å². The summed E-state index contributed by atoms with van der Waals surface area (Å²) < 4.78 is 10.9. The van der Waals surface area contributed by atoms with Crippen molar-refractivity contribution in [1.29, 1.82) is 0 Å². The predicted molar refractivity (Wildman–Crippen MR) is 81.3 cm³/mol. The van der Waals surface area contributed by atoms with E-state index in [-0.39, 0.29) is 18.4 Å². The van der Waals surface area contributed by atoms with Crippen molar-refractivity contribution in [1.82, 2.24) is 15.2 Å². The van der Waals surface area contributed by atoms with Gasteiger partial charge in [0.2, 0.25) is 5.91 Å². The molecule has 1 aliphatic rings. The number of furan rings is 1. The second-order valence-corrected chi connectivity index (χ2v) is 5.62. The molecule has 1 aliphatic heterocycles. The number of aryl methyl sites for hydroxylation is 1. The highest BCUT2D eigenvalue weighted by Gasteiger charge is 2.29. The van der Waals surface area contributed by atoms with Crippen molar-refractivity contribution in [2.45, 2.75) is 32.2 Å². The summed E-state index contributed by atoms with van der Waals surface area (Å²) in [5.41, 5.74) is 0.687. The molecule has 0 spiro atoms. The first-order chi connectivity index (χ1) is 10.7. The van der Waals surface area contributed by atoms with Crippen molar-refractivity contribution >= 4 is 5.91 Å². The second kappa shape index (κ2) is 6.36. The number of carbonyl (C=O) groups is 1. The number of nitrogens with one attached hydrogen (secondary N) is 1. The van der Waals surface area contributed by atoms with Gasteiger partial charge in [-0.25, -0.2) is 4.98 Å². The van der Waals surface area contributed by atoms with Crippen LogP contribution in [0, 0.1) is 6.92 Å². The Balaban J connectivity index is 1.71. The molecule has 0 bridgehead atoms. The van der Waals surface area contributed by atoms with Crippen LogP contribution in [0.25, 0.3) is 11.7 Å².